The molecule has 0 radical (unpaired) electrons. The third kappa shape index (κ3) is 2.49. The fourth-order valence-electron chi connectivity index (χ4n) is 1.45. The summed E-state index contributed by atoms with van der Waals surface area (Å²) in [6.45, 7) is 0. The number of hydrogen-bond acceptors (Lipinski definition) is 4. The van der Waals surface area contributed by atoms with Crippen molar-refractivity contribution in [3.8, 4) is 21.1 Å². The molecule has 0 spiro atoms. The van der Waals surface area contributed by atoms with Crippen LogP contribution in [0.4, 0.5) is 0 Å². The summed E-state index contributed by atoms with van der Waals surface area (Å²) in [4.78, 5) is 8.13. The Balaban J connectivity index is 2.01. The van der Waals surface area contributed by atoms with Crippen LogP contribution in [0.2, 0.25) is 0 Å². The second kappa shape index (κ2) is 4.96. The van der Waals surface area contributed by atoms with Gasteiger partial charge in [0.2, 0.25) is 0 Å². The van der Waals surface area contributed by atoms with Gasteiger partial charge in [-0.2, -0.15) is 0 Å². The SMILES string of the molecule is S=c1sc(-c2csc(-c3ccccc3)n2)c[se]1. The van der Waals surface area contributed by atoms with Crippen molar-refractivity contribution in [1.82, 2.24) is 4.98 Å². The van der Waals surface area contributed by atoms with Crippen molar-refractivity contribution >= 4 is 49.4 Å². The van der Waals surface area contributed by atoms with E-state index >= 15 is 0 Å². The number of aromatic nitrogens is 1. The second-order valence-corrected chi connectivity index (χ2v) is 8.95. The van der Waals surface area contributed by atoms with Gasteiger partial charge in [-0.3, -0.25) is 0 Å². The van der Waals surface area contributed by atoms with Crippen molar-refractivity contribution in [2.45, 2.75) is 0 Å². The Morgan fingerprint density at radius 1 is 1.18 bits per heavy atom. The number of thiazole rings is 1. The molecule has 0 atom stereocenters. The summed E-state index contributed by atoms with van der Waals surface area (Å²) < 4.78 is 1.10. The Morgan fingerprint density at radius 3 is 2.71 bits per heavy atom. The predicted molar refractivity (Wildman–Crippen MR) is 78.6 cm³/mol. The molecule has 1 aromatic carbocycles. The molecule has 3 rings (SSSR count). The van der Waals surface area contributed by atoms with Crippen molar-refractivity contribution in [2.75, 3.05) is 0 Å². The molecule has 5 heteroatoms. The summed E-state index contributed by atoms with van der Waals surface area (Å²) in [6.07, 6.45) is 0. The van der Waals surface area contributed by atoms with Gasteiger partial charge >= 0.3 is 119 Å². The Bertz CT molecular complexity index is 681. The van der Waals surface area contributed by atoms with Gasteiger partial charge in [0.05, 0.1) is 0 Å². The van der Waals surface area contributed by atoms with E-state index in [0.29, 0.717) is 14.5 Å². The van der Waals surface area contributed by atoms with E-state index < -0.39 is 0 Å². The van der Waals surface area contributed by atoms with Gasteiger partial charge in [0.15, 0.2) is 0 Å². The van der Waals surface area contributed by atoms with Gasteiger partial charge in [0, 0.05) is 0 Å². The van der Waals surface area contributed by atoms with E-state index in [-0.39, 0.29) is 0 Å². The third-order valence-electron chi connectivity index (χ3n) is 2.23. The first-order valence-electron chi connectivity index (χ1n) is 4.93. The molecular formula is C12H7NS3Se. The van der Waals surface area contributed by atoms with Gasteiger partial charge in [0.25, 0.3) is 0 Å². The zero-order valence-corrected chi connectivity index (χ0v) is 12.8. The maximum atomic E-state index is 5.21. The summed E-state index contributed by atoms with van der Waals surface area (Å²) in [5.74, 6) is 0. The molecule has 0 amide bonds. The van der Waals surface area contributed by atoms with Crippen LogP contribution in [-0.2, 0) is 0 Å². The molecule has 0 aliphatic heterocycles. The van der Waals surface area contributed by atoms with E-state index in [1.165, 1.54) is 10.4 Å². The molecule has 17 heavy (non-hydrogen) atoms. The quantitative estimate of drug-likeness (QED) is 0.509. The van der Waals surface area contributed by atoms with Crippen LogP contribution >= 0.6 is 34.9 Å². The Hall–Kier alpha value is -0.581. The standard InChI is InChI=1S/C12H7NS3Se/c14-12-16-10(7-17-12)9-6-15-11(13-9)8-4-2-1-3-5-8/h1-7H. The van der Waals surface area contributed by atoms with E-state index in [0.717, 1.165) is 13.4 Å². The topological polar surface area (TPSA) is 12.9 Å². The normalized spacial score (nSPS) is 10.6. The first kappa shape index (κ1) is 11.5. The van der Waals surface area contributed by atoms with E-state index in [1.54, 1.807) is 22.7 Å². The minimum atomic E-state index is 0.367. The summed E-state index contributed by atoms with van der Waals surface area (Å²) in [7, 11) is 0. The second-order valence-electron chi connectivity index (χ2n) is 3.36. The third-order valence-corrected chi connectivity index (χ3v) is 7.09. The Morgan fingerprint density at radius 2 is 2.00 bits per heavy atom. The number of rotatable bonds is 2. The minimum absolute atomic E-state index is 0.367. The van der Waals surface area contributed by atoms with Crippen molar-refractivity contribution in [3.05, 3.63) is 43.3 Å². The molecule has 0 aliphatic carbocycles. The van der Waals surface area contributed by atoms with Gasteiger partial charge in [-0.1, -0.05) is 0 Å². The summed E-state index contributed by atoms with van der Waals surface area (Å²) in [5.41, 5.74) is 2.25. The van der Waals surface area contributed by atoms with Crippen LogP contribution in [0.3, 0.4) is 0 Å². The molecule has 1 nitrogen and oxygen atoms in total. The summed E-state index contributed by atoms with van der Waals surface area (Å²) >= 11 is 8.96. The van der Waals surface area contributed by atoms with E-state index in [9.17, 15) is 0 Å². The van der Waals surface area contributed by atoms with E-state index in [2.05, 4.69) is 27.4 Å². The predicted octanol–water partition coefficient (Wildman–Crippen LogP) is 4.33. The fourth-order valence-corrected chi connectivity index (χ4v) is 5.71. The van der Waals surface area contributed by atoms with Crippen LogP contribution in [0.15, 0.2) is 40.7 Å². The van der Waals surface area contributed by atoms with Gasteiger partial charge in [0.1, 0.15) is 0 Å². The Kier molecular flexibility index (Phi) is 3.36. The molecule has 0 N–H and O–H groups in total. The molecule has 3 aromatic rings. The van der Waals surface area contributed by atoms with Crippen molar-refractivity contribution < 1.29 is 0 Å². The van der Waals surface area contributed by atoms with Crippen LogP contribution in [0.5, 0.6) is 0 Å². The monoisotopic (exact) mass is 341 g/mol. The van der Waals surface area contributed by atoms with E-state index in [4.69, 9.17) is 12.2 Å². The van der Waals surface area contributed by atoms with Crippen LogP contribution in [0.1, 0.15) is 0 Å². The fraction of sp³-hybridized carbons (Fsp3) is 0. The zero-order chi connectivity index (χ0) is 11.7. The molecule has 0 saturated heterocycles. The van der Waals surface area contributed by atoms with Crippen LogP contribution in [0, 0.1) is 2.70 Å². The van der Waals surface area contributed by atoms with Crippen molar-refractivity contribution in [3.63, 3.8) is 0 Å². The van der Waals surface area contributed by atoms with Crippen LogP contribution in [-0.4, -0.2) is 19.5 Å². The van der Waals surface area contributed by atoms with E-state index in [1.807, 2.05) is 18.2 Å². The zero-order valence-electron chi connectivity index (χ0n) is 8.62. The molecule has 0 aliphatic rings. The van der Waals surface area contributed by atoms with Gasteiger partial charge in [-0.25, -0.2) is 0 Å². The van der Waals surface area contributed by atoms with Gasteiger partial charge in [-0.05, 0) is 0 Å². The average molecular weight is 340 g/mol. The number of hydrogen-bond donors (Lipinski definition) is 0. The molecule has 84 valence electrons. The molecule has 0 saturated carbocycles. The molecule has 0 unspecified atom stereocenters. The molecule has 0 bridgehead atoms. The molecule has 0 fully saturated rings. The number of benzene rings is 1. The van der Waals surface area contributed by atoms with Crippen LogP contribution in [0.25, 0.3) is 21.1 Å². The maximum absolute atomic E-state index is 5.21. The summed E-state index contributed by atoms with van der Waals surface area (Å²) in [6, 6.07) is 10.3. The first-order chi connectivity index (χ1) is 8.33. The average Bonchev–Trinajstić information content (AvgIpc) is 2.98. The van der Waals surface area contributed by atoms with Crippen LogP contribution < -0.4 is 0 Å². The first-order valence-corrected chi connectivity index (χ1v) is 8.88. The van der Waals surface area contributed by atoms with Gasteiger partial charge < -0.3 is 0 Å². The molecule has 2 heterocycles. The molecule has 2 aromatic heterocycles. The molecular weight excluding hydrogens is 333 g/mol. The number of nitrogens with zero attached hydrogens (tertiary/aromatic N) is 1. The van der Waals surface area contributed by atoms with Crippen molar-refractivity contribution in [2.24, 2.45) is 0 Å². The van der Waals surface area contributed by atoms with Crippen molar-refractivity contribution in [1.29, 1.82) is 0 Å². The van der Waals surface area contributed by atoms with Gasteiger partial charge in [-0.15, -0.1) is 0 Å². The summed E-state index contributed by atoms with van der Waals surface area (Å²) in [5, 5.41) is 3.19. The Labute approximate surface area is 118 Å².